The molecule has 0 atom stereocenters. The highest BCUT2D eigenvalue weighted by molar-refractivity contribution is 7.16. The number of hydrogen-bond donors (Lipinski definition) is 1. The molecular weight excluding hydrogens is 388 g/mol. The summed E-state index contributed by atoms with van der Waals surface area (Å²) in [4.78, 5) is 35.6. The molecule has 2 aromatic heterocycles. The zero-order valence-electron chi connectivity index (χ0n) is 14.6. The van der Waals surface area contributed by atoms with E-state index >= 15 is 0 Å². The SMILES string of the molecule is O=CCN1CCc2sc(-c3nc(NC4CCOCC4)ncc3Cl)cc2C1=O. The van der Waals surface area contributed by atoms with E-state index in [1.165, 1.54) is 11.3 Å². The van der Waals surface area contributed by atoms with E-state index in [-0.39, 0.29) is 18.5 Å². The molecule has 2 aliphatic heterocycles. The standard InChI is InChI=1S/C18H19ClN4O3S/c19-13-10-20-18(21-11-2-7-26-8-3-11)22-16(13)15-9-12-14(27-15)1-4-23(5-6-24)17(12)25/h6,9-11H,1-5,7-8H2,(H,20,21,22). The zero-order valence-corrected chi connectivity index (χ0v) is 16.2. The van der Waals surface area contributed by atoms with Crippen LogP contribution < -0.4 is 5.32 Å². The molecule has 2 aromatic rings. The van der Waals surface area contributed by atoms with E-state index in [4.69, 9.17) is 16.3 Å². The monoisotopic (exact) mass is 406 g/mol. The second kappa shape index (κ2) is 7.92. The van der Waals surface area contributed by atoms with Gasteiger partial charge in [0, 0.05) is 37.1 Å². The Hall–Kier alpha value is -2.03. The van der Waals surface area contributed by atoms with Crippen LogP contribution in [0.5, 0.6) is 0 Å². The first-order valence-corrected chi connectivity index (χ1v) is 10.1. The molecule has 9 heteroatoms. The molecule has 2 aliphatic rings. The van der Waals surface area contributed by atoms with Crippen molar-refractivity contribution in [3.8, 4) is 10.6 Å². The molecule has 0 unspecified atom stereocenters. The molecule has 7 nitrogen and oxygen atoms in total. The van der Waals surface area contributed by atoms with Gasteiger partial charge in [-0.25, -0.2) is 9.97 Å². The normalized spacial score (nSPS) is 17.7. The van der Waals surface area contributed by atoms with Crippen molar-refractivity contribution in [2.75, 3.05) is 31.6 Å². The molecule has 1 amide bonds. The number of nitrogens with one attached hydrogen (secondary N) is 1. The molecule has 0 spiro atoms. The van der Waals surface area contributed by atoms with Crippen LogP contribution in [0.2, 0.25) is 5.02 Å². The number of anilines is 1. The molecular formula is C18H19ClN4O3S. The number of thiophene rings is 1. The summed E-state index contributed by atoms with van der Waals surface area (Å²) in [5.41, 5.74) is 1.26. The molecule has 1 saturated heterocycles. The fourth-order valence-electron chi connectivity index (χ4n) is 3.32. The van der Waals surface area contributed by atoms with Gasteiger partial charge < -0.3 is 19.7 Å². The Labute approximate surface area is 165 Å². The van der Waals surface area contributed by atoms with Crippen LogP contribution in [0.25, 0.3) is 10.6 Å². The van der Waals surface area contributed by atoms with Crippen LogP contribution in [0.3, 0.4) is 0 Å². The number of carbonyl (C=O) groups is 2. The highest BCUT2D eigenvalue weighted by Gasteiger charge is 2.27. The molecule has 142 valence electrons. The lowest BCUT2D eigenvalue weighted by molar-refractivity contribution is -0.108. The zero-order chi connectivity index (χ0) is 18.8. The number of carbonyl (C=O) groups excluding carboxylic acids is 2. The van der Waals surface area contributed by atoms with Crippen molar-refractivity contribution in [2.24, 2.45) is 0 Å². The van der Waals surface area contributed by atoms with Gasteiger partial charge in [0.2, 0.25) is 5.95 Å². The first kappa shape index (κ1) is 18.3. The summed E-state index contributed by atoms with van der Waals surface area (Å²) in [5.74, 6) is 0.415. The van der Waals surface area contributed by atoms with E-state index in [1.807, 2.05) is 6.07 Å². The Morgan fingerprint density at radius 2 is 2.22 bits per heavy atom. The van der Waals surface area contributed by atoms with Crippen LogP contribution >= 0.6 is 22.9 Å². The molecule has 0 aromatic carbocycles. The number of hydrogen-bond acceptors (Lipinski definition) is 7. The van der Waals surface area contributed by atoms with Gasteiger partial charge in [0.25, 0.3) is 5.91 Å². The maximum Gasteiger partial charge on any atom is 0.255 e. The summed E-state index contributed by atoms with van der Waals surface area (Å²) < 4.78 is 5.37. The maximum absolute atomic E-state index is 12.5. The quantitative estimate of drug-likeness (QED) is 0.768. The van der Waals surface area contributed by atoms with E-state index in [2.05, 4.69) is 15.3 Å². The number of rotatable bonds is 5. The van der Waals surface area contributed by atoms with Crippen LogP contribution in [-0.4, -0.2) is 59.4 Å². The van der Waals surface area contributed by atoms with Crippen LogP contribution in [0.15, 0.2) is 12.3 Å². The van der Waals surface area contributed by atoms with Gasteiger partial charge in [-0.05, 0) is 18.9 Å². The minimum Gasteiger partial charge on any atom is -0.381 e. The molecule has 0 radical (unpaired) electrons. The molecule has 27 heavy (non-hydrogen) atoms. The minimum atomic E-state index is -0.114. The van der Waals surface area contributed by atoms with Gasteiger partial charge in [-0.1, -0.05) is 11.6 Å². The van der Waals surface area contributed by atoms with E-state index in [0.29, 0.717) is 28.8 Å². The Balaban J connectivity index is 1.60. The molecule has 4 heterocycles. The van der Waals surface area contributed by atoms with Gasteiger partial charge in [-0.3, -0.25) is 4.79 Å². The number of halogens is 1. The van der Waals surface area contributed by atoms with Gasteiger partial charge in [0.05, 0.1) is 28.2 Å². The van der Waals surface area contributed by atoms with E-state index in [1.54, 1.807) is 11.1 Å². The van der Waals surface area contributed by atoms with Crippen molar-refractivity contribution >= 4 is 41.1 Å². The summed E-state index contributed by atoms with van der Waals surface area (Å²) in [6, 6.07) is 2.11. The minimum absolute atomic E-state index is 0.114. The Bertz CT molecular complexity index is 866. The van der Waals surface area contributed by atoms with E-state index in [9.17, 15) is 9.59 Å². The number of aldehydes is 1. The van der Waals surface area contributed by atoms with Crippen molar-refractivity contribution in [3.05, 3.63) is 27.7 Å². The number of nitrogens with zero attached hydrogens (tertiary/aromatic N) is 3. The second-order valence-corrected chi connectivity index (χ2v) is 8.08. The average Bonchev–Trinajstić information content (AvgIpc) is 3.11. The number of aromatic nitrogens is 2. The van der Waals surface area contributed by atoms with Crippen molar-refractivity contribution < 1.29 is 14.3 Å². The molecule has 0 saturated carbocycles. The predicted octanol–water partition coefficient (Wildman–Crippen LogP) is 2.65. The lowest BCUT2D eigenvalue weighted by Gasteiger charge is -2.24. The lowest BCUT2D eigenvalue weighted by Crippen LogP contribution is -2.37. The number of amides is 1. The summed E-state index contributed by atoms with van der Waals surface area (Å²) in [6.07, 6.45) is 4.90. The highest BCUT2D eigenvalue weighted by atomic mass is 35.5. The first-order valence-electron chi connectivity index (χ1n) is 8.88. The molecule has 4 rings (SSSR count). The number of fused-ring (bicyclic) bond motifs is 1. The Morgan fingerprint density at radius 1 is 1.41 bits per heavy atom. The smallest absolute Gasteiger partial charge is 0.255 e. The van der Waals surface area contributed by atoms with Crippen LogP contribution in [-0.2, 0) is 16.0 Å². The van der Waals surface area contributed by atoms with Crippen molar-refractivity contribution in [3.63, 3.8) is 0 Å². The van der Waals surface area contributed by atoms with Crippen LogP contribution in [0.1, 0.15) is 28.1 Å². The van der Waals surface area contributed by atoms with Gasteiger partial charge in [0.1, 0.15) is 12.0 Å². The third-order valence-electron chi connectivity index (χ3n) is 4.76. The molecule has 1 fully saturated rings. The molecule has 0 bridgehead atoms. The van der Waals surface area contributed by atoms with Crippen molar-refractivity contribution in [1.29, 1.82) is 0 Å². The lowest BCUT2D eigenvalue weighted by atomic mass is 10.1. The summed E-state index contributed by atoms with van der Waals surface area (Å²) in [5, 5.41) is 3.79. The van der Waals surface area contributed by atoms with Crippen molar-refractivity contribution in [1.82, 2.24) is 14.9 Å². The summed E-state index contributed by atoms with van der Waals surface area (Å²) in [6.45, 7) is 2.14. The van der Waals surface area contributed by atoms with E-state index < -0.39 is 0 Å². The average molecular weight is 407 g/mol. The fourth-order valence-corrected chi connectivity index (χ4v) is 4.71. The fraction of sp³-hybridized carbons (Fsp3) is 0.444. The van der Waals surface area contributed by atoms with Crippen molar-refractivity contribution in [2.45, 2.75) is 25.3 Å². The van der Waals surface area contributed by atoms with Gasteiger partial charge >= 0.3 is 0 Å². The van der Waals surface area contributed by atoms with Gasteiger partial charge in [0.15, 0.2) is 0 Å². The van der Waals surface area contributed by atoms with Crippen LogP contribution in [0, 0.1) is 0 Å². The third-order valence-corrected chi connectivity index (χ3v) is 6.24. The van der Waals surface area contributed by atoms with Crippen LogP contribution in [0.4, 0.5) is 5.95 Å². The largest absolute Gasteiger partial charge is 0.381 e. The third kappa shape index (κ3) is 3.83. The highest BCUT2D eigenvalue weighted by Crippen LogP contribution is 2.37. The van der Waals surface area contributed by atoms with E-state index in [0.717, 1.165) is 48.5 Å². The predicted molar refractivity (Wildman–Crippen MR) is 103 cm³/mol. The van der Waals surface area contributed by atoms with Gasteiger partial charge in [-0.2, -0.15) is 0 Å². The molecule has 0 aliphatic carbocycles. The molecule has 1 N–H and O–H groups in total. The second-order valence-electron chi connectivity index (χ2n) is 6.54. The maximum atomic E-state index is 12.5. The van der Waals surface area contributed by atoms with Gasteiger partial charge in [-0.15, -0.1) is 11.3 Å². The Kier molecular flexibility index (Phi) is 5.38. The summed E-state index contributed by atoms with van der Waals surface area (Å²) >= 11 is 7.87. The number of ether oxygens (including phenoxy) is 1. The Morgan fingerprint density at radius 3 is 3.00 bits per heavy atom. The first-order chi connectivity index (χ1) is 13.2. The summed E-state index contributed by atoms with van der Waals surface area (Å²) in [7, 11) is 0. The topological polar surface area (TPSA) is 84.4 Å².